The van der Waals surface area contributed by atoms with Gasteiger partial charge in [-0.1, -0.05) is 264 Å². The summed E-state index contributed by atoms with van der Waals surface area (Å²) in [4.78, 5) is 12.5. The molecule has 0 aromatic carbocycles. The molecule has 4 N–H and O–H groups in total. The zero-order valence-electron chi connectivity index (χ0n) is 36.2. The van der Waals surface area contributed by atoms with E-state index in [9.17, 15) is 20.1 Å². The van der Waals surface area contributed by atoms with Crippen molar-refractivity contribution < 1.29 is 20.1 Å². The number of hydrogen-bond donors (Lipinski definition) is 4. The van der Waals surface area contributed by atoms with Crippen LogP contribution in [0.2, 0.25) is 0 Å². The Morgan fingerprint density at radius 1 is 0.377 bits per heavy atom. The SMILES string of the molecule is CCCCCCCCCCCCCCCCCCCCCCCCC(O)C(=O)NC(CO)C(O)CCCCCCCCCCCCCCCCCCC. The fraction of sp³-hybridized carbons (Fsp3) is 0.979. The molecule has 3 atom stereocenters. The summed E-state index contributed by atoms with van der Waals surface area (Å²) in [6.45, 7) is 4.26. The Bertz CT molecular complexity index is 703. The molecule has 3 unspecified atom stereocenters. The molecule has 5 nitrogen and oxygen atoms in total. The molecule has 5 heteroatoms. The molecule has 0 saturated carbocycles. The number of carbonyl (C=O) groups excluding carboxylic acids is 1. The molecule has 0 saturated heterocycles. The van der Waals surface area contributed by atoms with E-state index >= 15 is 0 Å². The van der Waals surface area contributed by atoms with Crippen molar-refractivity contribution in [2.24, 2.45) is 0 Å². The van der Waals surface area contributed by atoms with Gasteiger partial charge >= 0.3 is 0 Å². The fourth-order valence-electron chi connectivity index (χ4n) is 7.90. The lowest BCUT2D eigenvalue weighted by atomic mass is 10.0. The van der Waals surface area contributed by atoms with Gasteiger partial charge < -0.3 is 20.6 Å². The van der Waals surface area contributed by atoms with Gasteiger partial charge in [0.05, 0.1) is 18.8 Å². The first kappa shape index (κ1) is 52.3. The highest BCUT2D eigenvalue weighted by molar-refractivity contribution is 5.80. The van der Waals surface area contributed by atoms with Crippen LogP contribution in [0.4, 0.5) is 0 Å². The summed E-state index contributed by atoms with van der Waals surface area (Å²) < 4.78 is 0. The molecule has 1 amide bonds. The minimum Gasteiger partial charge on any atom is -0.394 e. The summed E-state index contributed by atoms with van der Waals surface area (Å²) >= 11 is 0. The molecular weight excluding hydrogens is 655 g/mol. The number of aliphatic hydroxyl groups excluding tert-OH is 3. The average Bonchev–Trinajstić information content (AvgIpc) is 3.16. The van der Waals surface area contributed by atoms with Crippen LogP contribution in [0, 0.1) is 0 Å². The Hall–Kier alpha value is -0.650. The van der Waals surface area contributed by atoms with Gasteiger partial charge in [0.25, 0.3) is 0 Å². The summed E-state index contributed by atoms with van der Waals surface area (Å²) in [6, 6.07) is -0.706. The summed E-state index contributed by atoms with van der Waals surface area (Å²) in [6.07, 6.45) is 51.1. The molecule has 0 bridgehead atoms. The van der Waals surface area contributed by atoms with Crippen LogP contribution in [-0.2, 0) is 4.79 Å². The lowest BCUT2D eigenvalue weighted by Gasteiger charge is -2.23. The first-order valence-corrected chi connectivity index (χ1v) is 24.3. The molecule has 0 radical (unpaired) electrons. The molecule has 0 aromatic rings. The van der Waals surface area contributed by atoms with Crippen LogP contribution in [0.15, 0.2) is 0 Å². The van der Waals surface area contributed by atoms with Crippen LogP contribution < -0.4 is 5.32 Å². The molecule has 53 heavy (non-hydrogen) atoms. The molecular formula is C48H97NO4. The van der Waals surface area contributed by atoms with E-state index in [-0.39, 0.29) is 6.61 Å². The maximum Gasteiger partial charge on any atom is 0.249 e. The molecule has 0 spiro atoms. The number of aliphatic hydroxyl groups is 3. The van der Waals surface area contributed by atoms with Crippen molar-refractivity contribution in [2.75, 3.05) is 6.61 Å². The van der Waals surface area contributed by atoms with Crippen LogP contribution in [0.5, 0.6) is 0 Å². The predicted molar refractivity (Wildman–Crippen MR) is 232 cm³/mol. The Balaban J connectivity index is 3.54. The molecule has 318 valence electrons. The minimum absolute atomic E-state index is 0.308. The number of carbonyl (C=O) groups is 1. The van der Waals surface area contributed by atoms with Gasteiger partial charge in [-0.05, 0) is 12.8 Å². The first-order valence-electron chi connectivity index (χ1n) is 24.3. The quantitative estimate of drug-likeness (QED) is 0.0466. The summed E-state index contributed by atoms with van der Waals surface area (Å²) in [5.74, 6) is -0.464. The van der Waals surface area contributed by atoms with Crippen molar-refractivity contribution in [3.63, 3.8) is 0 Å². The molecule has 0 aliphatic rings. The molecule has 0 aliphatic carbocycles. The van der Waals surface area contributed by atoms with Gasteiger partial charge in [0.15, 0.2) is 0 Å². The van der Waals surface area contributed by atoms with E-state index in [1.807, 2.05) is 0 Å². The Morgan fingerprint density at radius 2 is 0.604 bits per heavy atom. The van der Waals surface area contributed by atoms with E-state index in [4.69, 9.17) is 0 Å². The van der Waals surface area contributed by atoms with Crippen molar-refractivity contribution in [3.05, 3.63) is 0 Å². The van der Waals surface area contributed by atoms with E-state index in [0.717, 1.165) is 32.1 Å². The van der Waals surface area contributed by atoms with Crippen LogP contribution >= 0.6 is 0 Å². The van der Waals surface area contributed by atoms with E-state index in [1.165, 1.54) is 218 Å². The average molecular weight is 752 g/mol. The molecule has 0 aliphatic heterocycles. The van der Waals surface area contributed by atoms with Gasteiger partial charge in [0.1, 0.15) is 6.10 Å². The van der Waals surface area contributed by atoms with Gasteiger partial charge in [-0.15, -0.1) is 0 Å². The number of nitrogens with one attached hydrogen (secondary N) is 1. The highest BCUT2D eigenvalue weighted by atomic mass is 16.3. The number of hydrogen-bond acceptors (Lipinski definition) is 4. The van der Waals surface area contributed by atoms with Gasteiger partial charge in [-0.2, -0.15) is 0 Å². The smallest absolute Gasteiger partial charge is 0.249 e. The van der Waals surface area contributed by atoms with Gasteiger partial charge in [0, 0.05) is 0 Å². The highest BCUT2D eigenvalue weighted by Gasteiger charge is 2.23. The second kappa shape index (κ2) is 44.1. The second-order valence-electron chi connectivity index (χ2n) is 17.0. The zero-order chi connectivity index (χ0) is 38.7. The van der Waals surface area contributed by atoms with E-state index in [0.29, 0.717) is 12.8 Å². The lowest BCUT2D eigenvalue weighted by Crippen LogP contribution is -2.49. The monoisotopic (exact) mass is 752 g/mol. The fourth-order valence-corrected chi connectivity index (χ4v) is 7.90. The van der Waals surface area contributed by atoms with Gasteiger partial charge in [0.2, 0.25) is 5.91 Å². The molecule has 0 heterocycles. The molecule has 0 rings (SSSR count). The minimum atomic E-state index is -1.07. The van der Waals surface area contributed by atoms with Crippen molar-refractivity contribution in [2.45, 2.75) is 295 Å². The third kappa shape index (κ3) is 39.4. The van der Waals surface area contributed by atoms with E-state index < -0.39 is 24.2 Å². The number of unbranched alkanes of at least 4 members (excludes halogenated alkanes) is 37. The van der Waals surface area contributed by atoms with E-state index in [2.05, 4.69) is 19.2 Å². The Kier molecular flexibility index (Phi) is 43.5. The maximum absolute atomic E-state index is 12.5. The normalized spacial score (nSPS) is 13.4. The third-order valence-corrected chi connectivity index (χ3v) is 11.7. The Morgan fingerprint density at radius 3 is 0.849 bits per heavy atom. The van der Waals surface area contributed by atoms with Crippen molar-refractivity contribution in [3.8, 4) is 0 Å². The zero-order valence-corrected chi connectivity index (χ0v) is 36.2. The topological polar surface area (TPSA) is 89.8 Å². The third-order valence-electron chi connectivity index (χ3n) is 11.7. The molecule has 0 fully saturated rings. The standard InChI is InChI=1S/C48H97NO4/c1-3-5-7-9-11-13-15-17-19-21-22-23-24-25-27-29-31-33-35-37-39-41-43-47(52)48(53)49-45(44-50)46(51)42-40-38-36-34-32-30-28-26-20-18-16-14-12-10-8-6-4-2/h45-47,50-52H,3-44H2,1-2H3,(H,49,53). The summed E-state index contributed by atoms with van der Waals surface area (Å²) in [7, 11) is 0. The number of rotatable bonds is 45. The number of amides is 1. The molecule has 0 aromatic heterocycles. The Labute approximate surface area is 332 Å². The largest absolute Gasteiger partial charge is 0.394 e. The van der Waals surface area contributed by atoms with Gasteiger partial charge in [-0.25, -0.2) is 0 Å². The predicted octanol–water partition coefficient (Wildman–Crippen LogP) is 14.2. The summed E-state index contributed by atoms with van der Waals surface area (Å²) in [5, 5.41) is 33.4. The van der Waals surface area contributed by atoms with E-state index in [1.54, 1.807) is 0 Å². The van der Waals surface area contributed by atoms with Gasteiger partial charge in [-0.3, -0.25) is 4.79 Å². The maximum atomic E-state index is 12.5. The van der Waals surface area contributed by atoms with Crippen LogP contribution in [-0.4, -0.2) is 46.1 Å². The first-order chi connectivity index (χ1) is 26.1. The van der Waals surface area contributed by atoms with Crippen LogP contribution in [0.25, 0.3) is 0 Å². The lowest BCUT2D eigenvalue weighted by molar-refractivity contribution is -0.131. The van der Waals surface area contributed by atoms with Crippen molar-refractivity contribution in [1.29, 1.82) is 0 Å². The second-order valence-corrected chi connectivity index (χ2v) is 17.0. The summed E-state index contributed by atoms with van der Waals surface area (Å²) in [5.41, 5.74) is 0. The van der Waals surface area contributed by atoms with Crippen LogP contribution in [0.3, 0.4) is 0 Å². The highest BCUT2D eigenvalue weighted by Crippen LogP contribution is 2.18. The van der Waals surface area contributed by atoms with Crippen molar-refractivity contribution in [1.82, 2.24) is 5.32 Å². The van der Waals surface area contributed by atoms with Crippen LogP contribution in [0.1, 0.15) is 277 Å². The van der Waals surface area contributed by atoms with Crippen molar-refractivity contribution >= 4 is 5.91 Å².